The molecule has 0 aliphatic heterocycles. The maximum absolute atomic E-state index is 12.7. The van der Waals surface area contributed by atoms with Crippen LogP contribution in [0.25, 0.3) is 0 Å². The van der Waals surface area contributed by atoms with Gasteiger partial charge in [-0.3, -0.25) is 19.2 Å². The van der Waals surface area contributed by atoms with Crippen LogP contribution in [0.5, 0.6) is 0 Å². The number of nitrogens with one attached hydrogen (secondary N) is 4. The molecule has 0 aliphatic carbocycles. The molecule has 10 nitrogen and oxygen atoms in total. The van der Waals surface area contributed by atoms with Gasteiger partial charge in [-0.25, -0.2) is 0 Å². The van der Waals surface area contributed by atoms with Crippen LogP contribution in [-0.4, -0.2) is 54.4 Å². The van der Waals surface area contributed by atoms with Crippen LogP contribution >= 0.6 is 0 Å². The number of carbonyl (C=O) groups is 4. The molecule has 0 saturated heterocycles. The van der Waals surface area contributed by atoms with Crippen molar-refractivity contribution in [3.63, 3.8) is 0 Å². The third-order valence-electron chi connectivity index (χ3n) is 4.41. The van der Waals surface area contributed by atoms with E-state index in [4.69, 9.17) is 10.8 Å². The number of amides is 4. The Labute approximate surface area is 185 Å². The van der Waals surface area contributed by atoms with Gasteiger partial charge in [0.05, 0.1) is 26.2 Å². The van der Waals surface area contributed by atoms with Gasteiger partial charge < -0.3 is 32.1 Å². The van der Waals surface area contributed by atoms with E-state index < -0.39 is 29.7 Å². The number of carbonyl (C=O) groups excluding carboxylic acids is 4. The Kier molecular flexibility index (Phi) is 9.82. The van der Waals surface area contributed by atoms with Crippen molar-refractivity contribution in [3.8, 4) is 0 Å². The Hall–Kier alpha value is -3.76. The van der Waals surface area contributed by atoms with E-state index in [9.17, 15) is 19.2 Å². The van der Waals surface area contributed by atoms with Crippen molar-refractivity contribution in [2.24, 2.45) is 5.73 Å². The smallest absolute Gasteiger partial charge is 0.243 e. The molecule has 0 saturated carbocycles. The van der Waals surface area contributed by atoms with Crippen molar-refractivity contribution in [3.05, 3.63) is 65.7 Å². The number of hydrogen-bond donors (Lipinski definition) is 6. The molecule has 2 aromatic carbocycles. The lowest BCUT2D eigenvalue weighted by atomic mass is 10.1. The second-order valence-electron chi connectivity index (χ2n) is 6.91. The molecule has 0 heterocycles. The summed E-state index contributed by atoms with van der Waals surface area (Å²) in [5.41, 5.74) is 7.23. The molecule has 0 aromatic heterocycles. The average Bonchev–Trinajstić information content (AvgIpc) is 2.81. The molecule has 4 amide bonds. The fraction of sp³-hybridized carbons (Fsp3) is 0.273. The van der Waals surface area contributed by atoms with E-state index in [2.05, 4.69) is 21.3 Å². The summed E-state index contributed by atoms with van der Waals surface area (Å²) >= 11 is 0. The van der Waals surface area contributed by atoms with Crippen LogP contribution < -0.4 is 27.0 Å². The van der Waals surface area contributed by atoms with Crippen molar-refractivity contribution in [1.29, 1.82) is 0 Å². The fourth-order valence-electron chi connectivity index (χ4n) is 2.74. The molecule has 2 rings (SSSR count). The lowest BCUT2D eigenvalue weighted by molar-refractivity contribution is -0.130. The number of aliphatic hydroxyl groups is 1. The van der Waals surface area contributed by atoms with Crippen LogP contribution in [0.3, 0.4) is 0 Å². The largest absolute Gasteiger partial charge is 0.392 e. The molecular weight excluding hydrogens is 414 g/mol. The molecule has 0 fully saturated rings. The molecule has 0 radical (unpaired) electrons. The second kappa shape index (κ2) is 12.8. The van der Waals surface area contributed by atoms with E-state index >= 15 is 0 Å². The molecule has 0 spiro atoms. The van der Waals surface area contributed by atoms with Crippen LogP contribution in [-0.2, 0) is 32.2 Å². The van der Waals surface area contributed by atoms with E-state index in [1.807, 2.05) is 30.3 Å². The number of benzene rings is 2. The monoisotopic (exact) mass is 441 g/mol. The molecule has 7 N–H and O–H groups in total. The highest BCUT2D eigenvalue weighted by atomic mass is 16.3. The van der Waals surface area contributed by atoms with Gasteiger partial charge in [0, 0.05) is 12.1 Å². The predicted molar refractivity (Wildman–Crippen MR) is 118 cm³/mol. The zero-order valence-corrected chi connectivity index (χ0v) is 17.5. The maximum Gasteiger partial charge on any atom is 0.243 e. The van der Waals surface area contributed by atoms with E-state index in [1.54, 1.807) is 24.3 Å². The van der Waals surface area contributed by atoms with Crippen molar-refractivity contribution in [1.82, 2.24) is 16.0 Å². The van der Waals surface area contributed by atoms with Gasteiger partial charge in [-0.1, -0.05) is 42.5 Å². The van der Waals surface area contributed by atoms with Gasteiger partial charge >= 0.3 is 0 Å². The number of hydrogen-bond acceptors (Lipinski definition) is 6. The lowest BCUT2D eigenvalue weighted by Crippen LogP contribution is -2.51. The molecule has 1 atom stereocenters. The number of aliphatic hydroxyl groups excluding tert-OH is 1. The maximum atomic E-state index is 12.7. The Morgan fingerprint density at radius 2 is 1.47 bits per heavy atom. The minimum absolute atomic E-state index is 0.102. The molecule has 32 heavy (non-hydrogen) atoms. The summed E-state index contributed by atoms with van der Waals surface area (Å²) in [5, 5.41) is 19.1. The molecule has 10 heteroatoms. The summed E-state index contributed by atoms with van der Waals surface area (Å²) in [6, 6.07) is 14.7. The van der Waals surface area contributed by atoms with Crippen LogP contribution in [0.2, 0.25) is 0 Å². The van der Waals surface area contributed by atoms with E-state index in [-0.39, 0.29) is 32.7 Å². The normalized spacial score (nSPS) is 11.2. The Balaban J connectivity index is 1.94. The summed E-state index contributed by atoms with van der Waals surface area (Å²) in [6.45, 7) is -0.974. The zero-order valence-electron chi connectivity index (χ0n) is 17.5. The minimum atomic E-state index is -0.948. The summed E-state index contributed by atoms with van der Waals surface area (Å²) in [4.78, 5) is 48.2. The van der Waals surface area contributed by atoms with Crippen molar-refractivity contribution >= 4 is 29.3 Å². The predicted octanol–water partition coefficient (Wildman–Crippen LogP) is -0.964. The summed E-state index contributed by atoms with van der Waals surface area (Å²) in [5.74, 6) is -2.04. The number of rotatable bonds is 11. The van der Waals surface area contributed by atoms with E-state index in [1.165, 1.54) is 0 Å². The van der Waals surface area contributed by atoms with Crippen molar-refractivity contribution < 1.29 is 24.3 Å². The zero-order chi connectivity index (χ0) is 23.3. The van der Waals surface area contributed by atoms with Crippen LogP contribution in [0, 0.1) is 0 Å². The van der Waals surface area contributed by atoms with Gasteiger partial charge in [0.15, 0.2) is 0 Å². The summed E-state index contributed by atoms with van der Waals surface area (Å²) in [6.07, 6.45) is 0.202. The molecule has 0 unspecified atom stereocenters. The van der Waals surface area contributed by atoms with Crippen LogP contribution in [0.15, 0.2) is 54.6 Å². The number of anilines is 1. The van der Waals surface area contributed by atoms with Crippen LogP contribution in [0.1, 0.15) is 11.1 Å². The van der Waals surface area contributed by atoms with E-state index in [0.29, 0.717) is 11.3 Å². The molecule has 170 valence electrons. The highest BCUT2D eigenvalue weighted by Crippen LogP contribution is 2.09. The lowest BCUT2D eigenvalue weighted by Gasteiger charge is -2.19. The first-order valence-electron chi connectivity index (χ1n) is 9.98. The highest BCUT2D eigenvalue weighted by Gasteiger charge is 2.22. The SMILES string of the molecule is NCC(=O)NCC(=O)N[C@@H](Cc1ccccc1)C(=O)NCC(=O)Nc1ccc(CO)cc1. The Morgan fingerprint density at radius 3 is 2.09 bits per heavy atom. The summed E-state index contributed by atoms with van der Waals surface area (Å²) < 4.78 is 0. The van der Waals surface area contributed by atoms with Gasteiger partial charge in [-0.15, -0.1) is 0 Å². The average molecular weight is 441 g/mol. The first kappa shape index (κ1) is 24.5. The molecular formula is C22H27N5O5. The Bertz CT molecular complexity index is 918. The minimum Gasteiger partial charge on any atom is -0.392 e. The van der Waals surface area contributed by atoms with E-state index in [0.717, 1.165) is 5.56 Å². The molecule has 0 aliphatic rings. The van der Waals surface area contributed by atoms with Gasteiger partial charge in [-0.05, 0) is 23.3 Å². The third kappa shape index (κ3) is 8.54. The standard InChI is InChI=1S/C22H27N5O5/c23-11-19(29)24-12-21(31)27-18(10-15-4-2-1-3-5-15)22(32)25-13-20(30)26-17-8-6-16(14-28)7-9-17/h1-9,18,28H,10-14,23H2,(H,24,29)(H,25,32)(H,26,30)(H,27,31)/t18-/m0/s1. The third-order valence-corrected chi connectivity index (χ3v) is 4.41. The number of nitrogens with two attached hydrogens (primary N) is 1. The van der Waals surface area contributed by atoms with Gasteiger partial charge in [0.1, 0.15) is 6.04 Å². The van der Waals surface area contributed by atoms with Crippen molar-refractivity contribution in [2.75, 3.05) is 25.0 Å². The highest BCUT2D eigenvalue weighted by molar-refractivity contribution is 5.96. The van der Waals surface area contributed by atoms with Crippen molar-refractivity contribution in [2.45, 2.75) is 19.1 Å². The van der Waals surface area contributed by atoms with Gasteiger partial charge in [0.2, 0.25) is 23.6 Å². The molecule has 2 aromatic rings. The second-order valence-corrected chi connectivity index (χ2v) is 6.91. The molecule has 0 bridgehead atoms. The fourth-order valence-corrected chi connectivity index (χ4v) is 2.74. The van der Waals surface area contributed by atoms with Crippen LogP contribution in [0.4, 0.5) is 5.69 Å². The quantitative estimate of drug-likeness (QED) is 0.263. The van der Waals surface area contributed by atoms with Gasteiger partial charge in [-0.2, -0.15) is 0 Å². The Morgan fingerprint density at radius 1 is 0.812 bits per heavy atom. The first-order chi connectivity index (χ1) is 15.4. The van der Waals surface area contributed by atoms with Gasteiger partial charge in [0.25, 0.3) is 0 Å². The topological polar surface area (TPSA) is 163 Å². The first-order valence-corrected chi connectivity index (χ1v) is 9.98. The summed E-state index contributed by atoms with van der Waals surface area (Å²) in [7, 11) is 0.